The van der Waals surface area contributed by atoms with Crippen molar-refractivity contribution in [1.82, 2.24) is 19.7 Å². The first-order valence-corrected chi connectivity index (χ1v) is 4.24. The van der Waals surface area contributed by atoms with Crippen LogP contribution in [0.2, 0.25) is 0 Å². The summed E-state index contributed by atoms with van der Waals surface area (Å²) >= 11 is 0. The summed E-state index contributed by atoms with van der Waals surface area (Å²) in [6.45, 7) is 1.92. The van der Waals surface area contributed by atoms with Gasteiger partial charge in [0.05, 0.1) is 23.3 Å². The third-order valence-electron chi connectivity index (χ3n) is 2.13. The number of nitrogen functional groups attached to an aromatic ring is 1. The Kier molecular flexibility index (Phi) is 1.92. The van der Waals surface area contributed by atoms with Crippen LogP contribution in [-0.2, 0) is 7.05 Å². The van der Waals surface area contributed by atoms with E-state index >= 15 is 0 Å². The summed E-state index contributed by atoms with van der Waals surface area (Å²) in [5.41, 5.74) is 9.13. The van der Waals surface area contributed by atoms with Gasteiger partial charge in [-0.3, -0.25) is 4.68 Å². The predicted molar refractivity (Wildman–Crippen MR) is 53.4 cm³/mol. The molecule has 0 fully saturated rings. The van der Waals surface area contributed by atoms with Gasteiger partial charge in [0, 0.05) is 18.8 Å². The molecule has 0 unspecified atom stereocenters. The topological polar surface area (TPSA) is 69.6 Å². The average molecular weight is 189 g/mol. The maximum Gasteiger partial charge on any atom is 0.115 e. The maximum absolute atomic E-state index is 5.80. The standard InChI is InChI=1S/C9H11N5/c1-6-7(3-11-5-12-6)9-8(10)4-13-14(9)2/h3-5H,10H2,1-2H3. The highest BCUT2D eigenvalue weighted by Gasteiger charge is 2.10. The smallest absolute Gasteiger partial charge is 0.115 e. The van der Waals surface area contributed by atoms with Crippen LogP contribution in [0.1, 0.15) is 5.69 Å². The van der Waals surface area contributed by atoms with Crippen LogP contribution in [0.4, 0.5) is 5.69 Å². The van der Waals surface area contributed by atoms with Crippen molar-refractivity contribution in [1.29, 1.82) is 0 Å². The first kappa shape index (κ1) is 8.68. The molecule has 2 rings (SSSR count). The van der Waals surface area contributed by atoms with Gasteiger partial charge in [-0.2, -0.15) is 5.10 Å². The fourth-order valence-electron chi connectivity index (χ4n) is 1.41. The van der Waals surface area contributed by atoms with Crippen molar-refractivity contribution in [2.24, 2.45) is 7.05 Å². The van der Waals surface area contributed by atoms with Crippen molar-refractivity contribution >= 4 is 5.69 Å². The zero-order valence-corrected chi connectivity index (χ0v) is 8.10. The molecule has 14 heavy (non-hydrogen) atoms. The van der Waals surface area contributed by atoms with Gasteiger partial charge in [0.2, 0.25) is 0 Å². The highest BCUT2D eigenvalue weighted by molar-refractivity contribution is 5.73. The Bertz CT molecular complexity index is 440. The summed E-state index contributed by atoms with van der Waals surface area (Å²) in [6.07, 6.45) is 4.89. The van der Waals surface area contributed by atoms with Gasteiger partial charge in [0.15, 0.2) is 0 Å². The first-order valence-electron chi connectivity index (χ1n) is 4.24. The summed E-state index contributed by atoms with van der Waals surface area (Å²) in [7, 11) is 1.85. The Balaban J connectivity index is 2.66. The van der Waals surface area contributed by atoms with Gasteiger partial charge in [0.1, 0.15) is 6.33 Å². The van der Waals surface area contributed by atoms with Crippen LogP contribution >= 0.6 is 0 Å². The van der Waals surface area contributed by atoms with Crippen LogP contribution in [0.3, 0.4) is 0 Å². The lowest BCUT2D eigenvalue weighted by atomic mass is 10.1. The lowest BCUT2D eigenvalue weighted by Gasteiger charge is -2.05. The molecule has 0 radical (unpaired) electrons. The summed E-state index contributed by atoms with van der Waals surface area (Å²) in [5, 5.41) is 4.07. The van der Waals surface area contributed by atoms with Crippen LogP contribution < -0.4 is 5.73 Å². The van der Waals surface area contributed by atoms with Gasteiger partial charge in [0.25, 0.3) is 0 Å². The van der Waals surface area contributed by atoms with Crippen LogP contribution in [0.25, 0.3) is 11.3 Å². The zero-order chi connectivity index (χ0) is 10.1. The molecule has 5 heteroatoms. The first-order chi connectivity index (χ1) is 6.70. The molecule has 2 heterocycles. The minimum atomic E-state index is 0.644. The van der Waals surface area contributed by atoms with Crippen molar-refractivity contribution in [3.63, 3.8) is 0 Å². The minimum absolute atomic E-state index is 0.644. The fourth-order valence-corrected chi connectivity index (χ4v) is 1.41. The van der Waals surface area contributed by atoms with Crippen molar-refractivity contribution in [3.05, 3.63) is 24.4 Å². The van der Waals surface area contributed by atoms with Gasteiger partial charge < -0.3 is 5.73 Å². The van der Waals surface area contributed by atoms with E-state index in [1.165, 1.54) is 6.33 Å². The van der Waals surface area contributed by atoms with E-state index in [1.54, 1.807) is 17.1 Å². The summed E-state index contributed by atoms with van der Waals surface area (Å²) in [4.78, 5) is 8.09. The molecule has 0 aliphatic carbocycles. The zero-order valence-electron chi connectivity index (χ0n) is 8.10. The molecule has 5 nitrogen and oxygen atoms in total. The van der Waals surface area contributed by atoms with Gasteiger partial charge in [-0.05, 0) is 6.92 Å². The van der Waals surface area contributed by atoms with Gasteiger partial charge in [-0.15, -0.1) is 0 Å². The second-order valence-corrected chi connectivity index (χ2v) is 3.09. The number of hydrogen-bond acceptors (Lipinski definition) is 4. The molecule has 0 amide bonds. The molecule has 0 aromatic carbocycles. The van der Waals surface area contributed by atoms with Gasteiger partial charge >= 0.3 is 0 Å². The molecule has 0 saturated heterocycles. The lowest BCUT2D eigenvalue weighted by molar-refractivity contribution is 0.774. The summed E-state index contributed by atoms with van der Waals surface area (Å²) < 4.78 is 1.72. The van der Waals surface area contributed by atoms with E-state index < -0.39 is 0 Å². The highest BCUT2D eigenvalue weighted by atomic mass is 15.3. The number of aryl methyl sites for hydroxylation is 2. The fraction of sp³-hybridized carbons (Fsp3) is 0.222. The number of rotatable bonds is 1. The second-order valence-electron chi connectivity index (χ2n) is 3.09. The second kappa shape index (κ2) is 3.10. The third-order valence-corrected chi connectivity index (χ3v) is 2.13. The van der Waals surface area contributed by atoms with E-state index in [4.69, 9.17) is 5.73 Å². The van der Waals surface area contributed by atoms with Crippen LogP contribution in [0, 0.1) is 6.92 Å². The number of hydrogen-bond donors (Lipinski definition) is 1. The normalized spacial score (nSPS) is 10.4. The Hall–Kier alpha value is -1.91. The molecular weight excluding hydrogens is 178 g/mol. The molecule has 0 atom stereocenters. The van der Waals surface area contributed by atoms with Gasteiger partial charge in [-0.25, -0.2) is 9.97 Å². The quantitative estimate of drug-likeness (QED) is 0.719. The maximum atomic E-state index is 5.80. The number of aromatic nitrogens is 4. The van der Waals surface area contributed by atoms with E-state index in [1.807, 2.05) is 14.0 Å². The number of anilines is 1. The Morgan fingerprint density at radius 2 is 2.14 bits per heavy atom. The molecule has 0 aliphatic rings. The molecule has 0 bridgehead atoms. The van der Waals surface area contributed by atoms with Crippen LogP contribution in [0.15, 0.2) is 18.7 Å². The van der Waals surface area contributed by atoms with Crippen molar-refractivity contribution in [2.45, 2.75) is 6.92 Å². The number of nitrogens with zero attached hydrogens (tertiary/aromatic N) is 4. The molecule has 2 aromatic rings. The van der Waals surface area contributed by atoms with E-state index in [9.17, 15) is 0 Å². The molecule has 0 saturated carbocycles. The molecule has 72 valence electrons. The summed E-state index contributed by atoms with van der Waals surface area (Å²) in [5.74, 6) is 0. The predicted octanol–water partition coefficient (Wildman–Crippen LogP) is 0.768. The van der Waals surface area contributed by atoms with Crippen LogP contribution in [-0.4, -0.2) is 19.7 Å². The molecular formula is C9H11N5. The Morgan fingerprint density at radius 1 is 1.36 bits per heavy atom. The average Bonchev–Trinajstić information content (AvgIpc) is 2.48. The largest absolute Gasteiger partial charge is 0.396 e. The third kappa shape index (κ3) is 1.22. The highest BCUT2D eigenvalue weighted by Crippen LogP contribution is 2.25. The van der Waals surface area contributed by atoms with Crippen molar-refractivity contribution in [3.8, 4) is 11.3 Å². The van der Waals surface area contributed by atoms with E-state index in [2.05, 4.69) is 15.1 Å². The summed E-state index contributed by atoms with van der Waals surface area (Å²) in [6, 6.07) is 0. The van der Waals surface area contributed by atoms with E-state index in [0.717, 1.165) is 17.0 Å². The SMILES string of the molecule is Cc1ncncc1-c1c(N)cnn1C. The van der Waals surface area contributed by atoms with E-state index in [-0.39, 0.29) is 0 Å². The Labute approximate surface area is 81.6 Å². The van der Waals surface area contributed by atoms with E-state index in [0.29, 0.717) is 5.69 Å². The van der Waals surface area contributed by atoms with Crippen molar-refractivity contribution in [2.75, 3.05) is 5.73 Å². The monoisotopic (exact) mass is 189 g/mol. The minimum Gasteiger partial charge on any atom is -0.396 e. The molecule has 2 aromatic heterocycles. The molecule has 0 spiro atoms. The molecule has 0 aliphatic heterocycles. The number of nitrogens with two attached hydrogens (primary N) is 1. The van der Waals surface area contributed by atoms with Crippen LogP contribution in [0.5, 0.6) is 0 Å². The van der Waals surface area contributed by atoms with Crippen molar-refractivity contribution < 1.29 is 0 Å². The molecule has 2 N–H and O–H groups in total. The Morgan fingerprint density at radius 3 is 2.71 bits per heavy atom. The van der Waals surface area contributed by atoms with Gasteiger partial charge in [-0.1, -0.05) is 0 Å². The lowest BCUT2D eigenvalue weighted by Crippen LogP contribution is -1.99.